The van der Waals surface area contributed by atoms with Crippen LogP contribution < -0.4 is 5.73 Å². The number of aromatic nitrogens is 2. The minimum Gasteiger partial charge on any atom is -0.408 e. The lowest BCUT2D eigenvalue weighted by atomic mass is 10.1. The standard InChI is InChI=1S/C10H10ClN3O/c11-8-3-1-2-7(6-8)4-5-9-13-14-10(12)15-9/h1-3,6H,4-5H2,(H2,12,14). The fourth-order valence-electron chi connectivity index (χ4n) is 1.31. The summed E-state index contributed by atoms with van der Waals surface area (Å²) in [5.74, 6) is 0.549. The van der Waals surface area contributed by atoms with Gasteiger partial charge in [0.15, 0.2) is 0 Å². The predicted molar refractivity (Wildman–Crippen MR) is 57.6 cm³/mol. The van der Waals surface area contributed by atoms with Gasteiger partial charge in [-0.2, -0.15) is 0 Å². The zero-order chi connectivity index (χ0) is 10.7. The van der Waals surface area contributed by atoms with Crippen LogP contribution in [0.5, 0.6) is 0 Å². The van der Waals surface area contributed by atoms with Crippen LogP contribution in [0.15, 0.2) is 28.7 Å². The Labute approximate surface area is 92.1 Å². The van der Waals surface area contributed by atoms with Crippen LogP contribution in [-0.2, 0) is 12.8 Å². The Morgan fingerprint density at radius 2 is 2.13 bits per heavy atom. The number of aryl methyl sites for hydroxylation is 2. The van der Waals surface area contributed by atoms with E-state index in [1.54, 1.807) is 0 Å². The van der Waals surface area contributed by atoms with Crippen molar-refractivity contribution in [3.8, 4) is 0 Å². The van der Waals surface area contributed by atoms with E-state index in [0.717, 1.165) is 17.0 Å². The summed E-state index contributed by atoms with van der Waals surface area (Å²) >= 11 is 5.86. The van der Waals surface area contributed by atoms with Gasteiger partial charge in [0.05, 0.1) is 0 Å². The van der Waals surface area contributed by atoms with Crippen molar-refractivity contribution < 1.29 is 4.42 Å². The van der Waals surface area contributed by atoms with Gasteiger partial charge >= 0.3 is 6.01 Å². The molecule has 2 aromatic rings. The highest BCUT2D eigenvalue weighted by molar-refractivity contribution is 6.30. The lowest BCUT2D eigenvalue weighted by molar-refractivity contribution is 0.509. The molecule has 0 aliphatic rings. The van der Waals surface area contributed by atoms with Crippen LogP contribution in [0.3, 0.4) is 0 Å². The third-order valence-corrected chi connectivity index (χ3v) is 2.23. The summed E-state index contributed by atoms with van der Waals surface area (Å²) in [5.41, 5.74) is 6.45. The molecule has 0 unspecified atom stereocenters. The summed E-state index contributed by atoms with van der Waals surface area (Å²) in [6.45, 7) is 0. The average Bonchev–Trinajstić information content (AvgIpc) is 2.62. The number of nitrogens with zero attached hydrogens (tertiary/aromatic N) is 2. The van der Waals surface area contributed by atoms with Crippen LogP contribution in [0.25, 0.3) is 0 Å². The van der Waals surface area contributed by atoms with E-state index in [-0.39, 0.29) is 6.01 Å². The molecule has 1 aromatic heterocycles. The van der Waals surface area contributed by atoms with Crippen LogP contribution in [-0.4, -0.2) is 10.2 Å². The van der Waals surface area contributed by atoms with E-state index < -0.39 is 0 Å². The minimum atomic E-state index is 0.107. The molecule has 78 valence electrons. The number of hydrogen-bond donors (Lipinski definition) is 1. The SMILES string of the molecule is Nc1nnc(CCc2cccc(Cl)c2)o1. The van der Waals surface area contributed by atoms with Crippen LogP contribution in [0.4, 0.5) is 6.01 Å². The van der Waals surface area contributed by atoms with E-state index in [1.807, 2.05) is 24.3 Å². The molecule has 1 aromatic carbocycles. The van der Waals surface area contributed by atoms with Gasteiger partial charge in [-0.15, -0.1) is 5.10 Å². The van der Waals surface area contributed by atoms with Gasteiger partial charge in [-0.25, -0.2) is 0 Å². The van der Waals surface area contributed by atoms with Gasteiger partial charge in [0.1, 0.15) is 0 Å². The summed E-state index contributed by atoms with van der Waals surface area (Å²) in [5, 5.41) is 8.09. The summed E-state index contributed by atoms with van der Waals surface area (Å²) in [6, 6.07) is 7.79. The summed E-state index contributed by atoms with van der Waals surface area (Å²) in [6.07, 6.45) is 1.48. The molecule has 15 heavy (non-hydrogen) atoms. The first-order valence-electron chi connectivity index (χ1n) is 4.56. The first kappa shape index (κ1) is 9.98. The molecule has 0 amide bonds. The molecule has 0 radical (unpaired) electrons. The minimum absolute atomic E-state index is 0.107. The van der Waals surface area contributed by atoms with Gasteiger partial charge in [0, 0.05) is 11.4 Å². The number of halogens is 1. The third-order valence-electron chi connectivity index (χ3n) is 2.00. The van der Waals surface area contributed by atoms with E-state index in [9.17, 15) is 0 Å². The van der Waals surface area contributed by atoms with Gasteiger partial charge in [0.2, 0.25) is 5.89 Å². The maximum atomic E-state index is 5.86. The Bertz CT molecular complexity index is 455. The van der Waals surface area contributed by atoms with Gasteiger partial charge in [-0.3, -0.25) is 0 Å². The van der Waals surface area contributed by atoms with Crippen LogP contribution in [0.1, 0.15) is 11.5 Å². The van der Waals surface area contributed by atoms with Gasteiger partial charge in [-0.05, 0) is 24.1 Å². The highest BCUT2D eigenvalue weighted by Crippen LogP contribution is 2.13. The molecule has 0 aliphatic carbocycles. The number of nitrogens with two attached hydrogens (primary N) is 1. The second-order valence-corrected chi connectivity index (χ2v) is 3.60. The molecule has 2 N–H and O–H groups in total. The third kappa shape index (κ3) is 2.70. The highest BCUT2D eigenvalue weighted by Gasteiger charge is 2.03. The fourth-order valence-corrected chi connectivity index (χ4v) is 1.52. The first-order chi connectivity index (χ1) is 7.24. The molecule has 0 saturated carbocycles. The number of hydrogen-bond acceptors (Lipinski definition) is 4. The zero-order valence-electron chi connectivity index (χ0n) is 7.98. The van der Waals surface area contributed by atoms with E-state index in [0.29, 0.717) is 12.3 Å². The maximum absolute atomic E-state index is 5.86. The zero-order valence-corrected chi connectivity index (χ0v) is 8.74. The second kappa shape index (κ2) is 4.31. The molecule has 4 nitrogen and oxygen atoms in total. The largest absolute Gasteiger partial charge is 0.408 e. The van der Waals surface area contributed by atoms with Crippen molar-refractivity contribution in [3.63, 3.8) is 0 Å². The highest BCUT2D eigenvalue weighted by atomic mass is 35.5. The molecular formula is C10H10ClN3O. The van der Waals surface area contributed by atoms with Crippen molar-refractivity contribution >= 4 is 17.6 Å². The van der Waals surface area contributed by atoms with Crippen molar-refractivity contribution in [3.05, 3.63) is 40.7 Å². The Morgan fingerprint density at radius 3 is 2.80 bits per heavy atom. The molecule has 0 bridgehead atoms. The smallest absolute Gasteiger partial charge is 0.312 e. The van der Waals surface area contributed by atoms with Crippen molar-refractivity contribution in [2.75, 3.05) is 5.73 Å². The molecule has 0 aliphatic heterocycles. The summed E-state index contributed by atoms with van der Waals surface area (Å²) < 4.78 is 5.06. The first-order valence-corrected chi connectivity index (χ1v) is 4.94. The number of benzene rings is 1. The predicted octanol–water partition coefficient (Wildman–Crippen LogP) is 2.09. The van der Waals surface area contributed by atoms with Crippen LogP contribution in [0, 0.1) is 0 Å². The average molecular weight is 224 g/mol. The lowest BCUT2D eigenvalue weighted by Gasteiger charge is -1.98. The second-order valence-electron chi connectivity index (χ2n) is 3.16. The van der Waals surface area contributed by atoms with Crippen molar-refractivity contribution in [1.82, 2.24) is 10.2 Å². The van der Waals surface area contributed by atoms with E-state index in [4.69, 9.17) is 21.8 Å². The van der Waals surface area contributed by atoms with Crippen molar-refractivity contribution in [2.45, 2.75) is 12.8 Å². The fraction of sp³-hybridized carbons (Fsp3) is 0.200. The summed E-state index contributed by atoms with van der Waals surface area (Å²) in [7, 11) is 0. The quantitative estimate of drug-likeness (QED) is 0.866. The Balaban J connectivity index is 1.99. The van der Waals surface area contributed by atoms with E-state index in [1.165, 1.54) is 0 Å². The molecule has 2 rings (SSSR count). The van der Waals surface area contributed by atoms with Crippen LogP contribution in [0.2, 0.25) is 5.02 Å². The normalized spacial score (nSPS) is 10.5. The molecular weight excluding hydrogens is 214 g/mol. The molecule has 0 fully saturated rings. The summed E-state index contributed by atoms with van der Waals surface area (Å²) in [4.78, 5) is 0. The van der Waals surface area contributed by atoms with Gasteiger partial charge in [0.25, 0.3) is 0 Å². The molecule has 0 atom stereocenters. The molecule has 0 saturated heterocycles. The Kier molecular flexibility index (Phi) is 2.87. The van der Waals surface area contributed by atoms with Crippen molar-refractivity contribution in [2.24, 2.45) is 0 Å². The molecule has 0 spiro atoms. The van der Waals surface area contributed by atoms with Crippen molar-refractivity contribution in [1.29, 1.82) is 0 Å². The van der Waals surface area contributed by atoms with E-state index in [2.05, 4.69) is 10.2 Å². The number of nitrogen functional groups attached to an aromatic ring is 1. The molecule has 1 heterocycles. The van der Waals surface area contributed by atoms with Gasteiger partial charge in [-0.1, -0.05) is 28.8 Å². The number of anilines is 1. The molecule has 5 heteroatoms. The van der Waals surface area contributed by atoms with Crippen LogP contribution >= 0.6 is 11.6 Å². The van der Waals surface area contributed by atoms with E-state index >= 15 is 0 Å². The topological polar surface area (TPSA) is 64.9 Å². The maximum Gasteiger partial charge on any atom is 0.312 e. The number of rotatable bonds is 3. The lowest BCUT2D eigenvalue weighted by Crippen LogP contribution is -1.91. The monoisotopic (exact) mass is 223 g/mol. The Hall–Kier alpha value is -1.55. The van der Waals surface area contributed by atoms with Gasteiger partial charge < -0.3 is 10.2 Å². The Morgan fingerprint density at radius 1 is 1.27 bits per heavy atom.